The number of halogens is 5. The van der Waals surface area contributed by atoms with Gasteiger partial charge in [0.15, 0.2) is 0 Å². The van der Waals surface area contributed by atoms with E-state index in [1.807, 2.05) is 0 Å². The number of rotatable bonds is 9. The molecule has 0 unspecified atom stereocenters. The molecule has 4 aromatic rings. The zero-order valence-electron chi connectivity index (χ0n) is 27.4. The second-order valence-electron chi connectivity index (χ2n) is 12.4. The number of alkyl halides is 4. The summed E-state index contributed by atoms with van der Waals surface area (Å²) in [5.74, 6) is -10.0. The fourth-order valence-electron chi connectivity index (χ4n) is 6.20. The lowest BCUT2D eigenvalue weighted by atomic mass is 9.91. The topological polar surface area (TPSA) is 114 Å². The second kappa shape index (κ2) is 13.2. The number of anilines is 1. The molecule has 2 aromatic heterocycles. The average Bonchev–Trinajstić information content (AvgIpc) is 3.02. The summed E-state index contributed by atoms with van der Waals surface area (Å²) < 4.78 is 80.1. The predicted octanol–water partition coefficient (Wildman–Crippen LogP) is 5.75. The lowest BCUT2D eigenvalue weighted by molar-refractivity contribution is -0.139. The number of aliphatic carboxylic acids is 1. The standard InChI is InChI=1S/C35H35F5N4O5/c1-18-13-21(44-11-12-49-17-27(44)35(4,39)40)16-25(36)28(18)31(45)42-26(33(47)48)15-20-8-9-23(30-22(20)7-6-10-41-30)29-24(34(3,37)38)14-19(2)43(5)32(29)46/h6-10,13-14,16,26-27H,11-12,15,17H2,1-5H3,(H,42,45)(H,47,48)/t26-,27+/m0/s1. The van der Waals surface area contributed by atoms with E-state index in [1.165, 1.54) is 60.8 Å². The molecule has 1 fully saturated rings. The van der Waals surface area contributed by atoms with Gasteiger partial charge in [-0.25, -0.2) is 26.7 Å². The fraction of sp³-hybridized carbons (Fsp3) is 0.371. The molecule has 0 bridgehead atoms. The van der Waals surface area contributed by atoms with Crippen molar-refractivity contribution < 1.29 is 41.4 Å². The molecule has 14 heteroatoms. The van der Waals surface area contributed by atoms with Crippen molar-refractivity contribution in [2.75, 3.05) is 24.7 Å². The predicted molar refractivity (Wildman–Crippen MR) is 173 cm³/mol. The van der Waals surface area contributed by atoms with Crippen LogP contribution in [-0.2, 0) is 28.9 Å². The Hall–Kier alpha value is -4.85. The van der Waals surface area contributed by atoms with Gasteiger partial charge in [-0.1, -0.05) is 18.2 Å². The van der Waals surface area contributed by atoms with Crippen LogP contribution in [-0.4, -0.2) is 64.3 Å². The largest absolute Gasteiger partial charge is 0.480 e. The van der Waals surface area contributed by atoms with Crippen LogP contribution in [0.4, 0.5) is 27.6 Å². The number of fused-ring (bicyclic) bond motifs is 1. The average molecular weight is 687 g/mol. The monoisotopic (exact) mass is 686 g/mol. The van der Waals surface area contributed by atoms with Crippen molar-refractivity contribution in [2.24, 2.45) is 7.05 Å². The number of carboxylic acid groups (broad SMARTS) is 1. The van der Waals surface area contributed by atoms with E-state index in [0.717, 1.165) is 13.0 Å². The van der Waals surface area contributed by atoms with Crippen LogP contribution in [0.3, 0.4) is 0 Å². The van der Waals surface area contributed by atoms with Crippen LogP contribution in [0.25, 0.3) is 22.0 Å². The molecule has 2 atom stereocenters. The Morgan fingerprint density at radius 3 is 2.47 bits per heavy atom. The molecule has 260 valence electrons. The molecule has 1 saturated heterocycles. The SMILES string of the molecule is Cc1cc(N2CCOC[C@@H]2C(C)(F)F)cc(F)c1C(=O)N[C@@H](Cc1ccc(-c2c(C(C)(F)F)cc(C)n(C)c2=O)c2ncccc12)C(=O)O. The summed E-state index contributed by atoms with van der Waals surface area (Å²) in [6, 6.07) is 6.68. The molecule has 0 aliphatic carbocycles. The number of carbonyl (C=O) groups is 2. The van der Waals surface area contributed by atoms with Gasteiger partial charge in [0.1, 0.15) is 17.9 Å². The molecule has 49 heavy (non-hydrogen) atoms. The third-order valence-corrected chi connectivity index (χ3v) is 8.84. The van der Waals surface area contributed by atoms with Crippen molar-refractivity contribution in [1.29, 1.82) is 0 Å². The Bertz CT molecular complexity index is 1980. The number of aryl methyl sites for hydroxylation is 2. The van der Waals surface area contributed by atoms with Crippen molar-refractivity contribution in [3.8, 4) is 11.1 Å². The van der Waals surface area contributed by atoms with E-state index in [0.29, 0.717) is 23.6 Å². The van der Waals surface area contributed by atoms with E-state index < -0.39 is 58.3 Å². The van der Waals surface area contributed by atoms with Crippen molar-refractivity contribution >= 4 is 28.5 Å². The lowest BCUT2D eigenvalue weighted by Gasteiger charge is -2.40. The summed E-state index contributed by atoms with van der Waals surface area (Å²) in [6.45, 7) is 4.33. The highest BCUT2D eigenvalue weighted by Crippen LogP contribution is 2.38. The number of hydrogen-bond acceptors (Lipinski definition) is 6. The number of morpholine rings is 1. The van der Waals surface area contributed by atoms with Crippen LogP contribution in [0.2, 0.25) is 0 Å². The maximum atomic E-state index is 15.5. The molecule has 2 aromatic carbocycles. The molecule has 1 aliphatic heterocycles. The zero-order valence-corrected chi connectivity index (χ0v) is 27.4. The minimum absolute atomic E-state index is 0.0713. The number of nitrogens with one attached hydrogen (secondary N) is 1. The summed E-state index contributed by atoms with van der Waals surface area (Å²) in [5, 5.41) is 12.8. The number of hydrogen-bond donors (Lipinski definition) is 2. The molecule has 1 aliphatic rings. The smallest absolute Gasteiger partial charge is 0.326 e. The first-order chi connectivity index (χ1) is 22.9. The minimum Gasteiger partial charge on any atom is -0.480 e. The number of carbonyl (C=O) groups excluding carboxylic acids is 1. The third kappa shape index (κ3) is 7.00. The summed E-state index contributed by atoms with van der Waals surface area (Å²) >= 11 is 0. The number of pyridine rings is 2. The van der Waals surface area contributed by atoms with Gasteiger partial charge in [0.05, 0.1) is 29.9 Å². The highest BCUT2D eigenvalue weighted by Gasteiger charge is 2.41. The van der Waals surface area contributed by atoms with Gasteiger partial charge in [0.25, 0.3) is 23.3 Å². The summed E-state index contributed by atoms with van der Waals surface area (Å²) in [4.78, 5) is 44.7. The molecule has 1 amide bonds. The van der Waals surface area contributed by atoms with Crippen molar-refractivity contribution in [3.63, 3.8) is 0 Å². The molecular weight excluding hydrogens is 651 g/mol. The summed E-state index contributed by atoms with van der Waals surface area (Å²) in [7, 11) is 1.46. The first kappa shape index (κ1) is 35.5. The maximum Gasteiger partial charge on any atom is 0.326 e. The molecule has 3 heterocycles. The molecule has 5 rings (SSSR count). The summed E-state index contributed by atoms with van der Waals surface area (Å²) in [5.41, 5.74) is -0.652. The van der Waals surface area contributed by atoms with Crippen LogP contribution in [0.15, 0.2) is 53.5 Å². The van der Waals surface area contributed by atoms with Crippen molar-refractivity contribution in [1.82, 2.24) is 14.9 Å². The van der Waals surface area contributed by atoms with Crippen LogP contribution < -0.4 is 15.8 Å². The van der Waals surface area contributed by atoms with Gasteiger partial charge >= 0.3 is 5.97 Å². The number of amides is 1. The van der Waals surface area contributed by atoms with E-state index in [4.69, 9.17) is 4.74 Å². The molecule has 9 nitrogen and oxygen atoms in total. The van der Waals surface area contributed by atoms with Gasteiger partial charge < -0.3 is 24.6 Å². The Labute approximate surface area is 278 Å². The van der Waals surface area contributed by atoms with E-state index in [-0.39, 0.29) is 54.1 Å². The molecule has 0 saturated carbocycles. The van der Waals surface area contributed by atoms with Crippen LogP contribution in [0.5, 0.6) is 0 Å². The number of ether oxygens (including phenoxy) is 1. The molecule has 0 radical (unpaired) electrons. The first-order valence-electron chi connectivity index (χ1n) is 15.4. The van der Waals surface area contributed by atoms with Crippen LogP contribution in [0, 0.1) is 19.7 Å². The van der Waals surface area contributed by atoms with Crippen LogP contribution >= 0.6 is 0 Å². The van der Waals surface area contributed by atoms with E-state index in [1.54, 1.807) is 12.1 Å². The normalized spacial score (nSPS) is 16.1. The third-order valence-electron chi connectivity index (χ3n) is 8.84. The van der Waals surface area contributed by atoms with Gasteiger partial charge in [-0.2, -0.15) is 0 Å². The fourth-order valence-corrected chi connectivity index (χ4v) is 6.20. The number of carboxylic acids is 1. The van der Waals surface area contributed by atoms with Gasteiger partial charge in [-0.15, -0.1) is 0 Å². The number of nitrogens with zero attached hydrogens (tertiary/aromatic N) is 3. The highest BCUT2D eigenvalue weighted by atomic mass is 19.3. The Morgan fingerprint density at radius 1 is 1.12 bits per heavy atom. The van der Waals surface area contributed by atoms with Crippen molar-refractivity contribution in [2.45, 2.75) is 58.0 Å². The highest BCUT2D eigenvalue weighted by molar-refractivity contribution is 5.99. The molecular formula is C35H35F5N4O5. The Morgan fingerprint density at radius 2 is 1.84 bits per heavy atom. The number of benzene rings is 2. The minimum atomic E-state index is -3.37. The van der Waals surface area contributed by atoms with E-state index in [9.17, 15) is 37.1 Å². The first-order valence-corrected chi connectivity index (χ1v) is 15.4. The number of aromatic nitrogens is 2. The van der Waals surface area contributed by atoms with Gasteiger partial charge in [0.2, 0.25) is 0 Å². The second-order valence-corrected chi connectivity index (χ2v) is 12.4. The summed E-state index contributed by atoms with van der Waals surface area (Å²) in [6.07, 6.45) is 1.09. The van der Waals surface area contributed by atoms with E-state index in [2.05, 4.69) is 10.3 Å². The zero-order chi connectivity index (χ0) is 36.0. The molecule has 0 spiro atoms. The van der Waals surface area contributed by atoms with E-state index >= 15 is 4.39 Å². The molecule has 2 N–H and O–H groups in total. The van der Waals surface area contributed by atoms with Gasteiger partial charge in [0, 0.05) is 68.0 Å². The van der Waals surface area contributed by atoms with Crippen LogP contribution in [0.1, 0.15) is 46.6 Å². The van der Waals surface area contributed by atoms with Gasteiger partial charge in [-0.3, -0.25) is 14.6 Å². The maximum absolute atomic E-state index is 15.5. The van der Waals surface area contributed by atoms with Gasteiger partial charge in [-0.05, 0) is 49.2 Å². The Balaban J connectivity index is 1.48. The lowest BCUT2D eigenvalue weighted by Crippen LogP contribution is -2.54. The quantitative estimate of drug-likeness (QED) is 0.216. The van der Waals surface area contributed by atoms with Crippen molar-refractivity contribution in [3.05, 3.63) is 92.8 Å². The Kier molecular flexibility index (Phi) is 9.57.